The van der Waals surface area contributed by atoms with Crippen molar-refractivity contribution >= 4 is 5.96 Å². The summed E-state index contributed by atoms with van der Waals surface area (Å²) in [6, 6.07) is 6.30. The second-order valence-corrected chi connectivity index (χ2v) is 6.64. The van der Waals surface area contributed by atoms with E-state index in [4.69, 9.17) is 9.47 Å². The van der Waals surface area contributed by atoms with Crippen LogP contribution < -0.4 is 15.4 Å². The first-order valence-corrected chi connectivity index (χ1v) is 9.16. The van der Waals surface area contributed by atoms with Gasteiger partial charge < -0.3 is 20.1 Å². The highest BCUT2D eigenvalue weighted by Gasteiger charge is 2.15. The van der Waals surface area contributed by atoms with Crippen molar-refractivity contribution in [1.29, 1.82) is 0 Å². The zero-order valence-corrected chi connectivity index (χ0v) is 16.8. The quantitative estimate of drug-likeness (QED) is 0.527. The fourth-order valence-corrected chi connectivity index (χ4v) is 2.83. The lowest BCUT2D eigenvalue weighted by molar-refractivity contribution is 0.0258. The Balaban J connectivity index is 2.63. The Bertz CT molecular complexity index is 544. The number of nitrogens with zero attached hydrogens (tertiary/aromatic N) is 1. The maximum atomic E-state index is 5.80. The first-order chi connectivity index (χ1) is 11.9. The average molecular weight is 350 g/mol. The van der Waals surface area contributed by atoms with Crippen LogP contribution in [0, 0.1) is 12.8 Å². The Kier molecular flexibility index (Phi) is 9.35. The predicted octanol–water partition coefficient (Wildman–Crippen LogP) is 3.68. The van der Waals surface area contributed by atoms with Crippen molar-refractivity contribution in [2.75, 3.05) is 27.3 Å². The molecule has 1 aromatic rings. The summed E-state index contributed by atoms with van der Waals surface area (Å²) in [7, 11) is 3.49. The van der Waals surface area contributed by atoms with E-state index < -0.39 is 0 Å². The lowest BCUT2D eigenvalue weighted by Crippen LogP contribution is -2.40. The average Bonchev–Trinajstić information content (AvgIpc) is 2.59. The van der Waals surface area contributed by atoms with Gasteiger partial charge in [0.1, 0.15) is 5.75 Å². The number of methoxy groups -OCH3 is 1. The van der Waals surface area contributed by atoms with Crippen LogP contribution in [0.5, 0.6) is 5.75 Å². The number of ether oxygens (including phenoxy) is 2. The van der Waals surface area contributed by atoms with E-state index in [2.05, 4.69) is 55.5 Å². The van der Waals surface area contributed by atoms with Gasteiger partial charge >= 0.3 is 0 Å². The molecule has 1 rings (SSSR count). The minimum Gasteiger partial charge on any atom is -0.496 e. The molecule has 0 aromatic heterocycles. The zero-order chi connectivity index (χ0) is 18.8. The summed E-state index contributed by atoms with van der Waals surface area (Å²) in [6.45, 7) is 12.2. The SMILES string of the molecule is CCOC(CCNC(=NC)NC(C)c1cc(C)ccc1OC)C(C)C. The van der Waals surface area contributed by atoms with Crippen LogP contribution in [0.3, 0.4) is 0 Å². The van der Waals surface area contributed by atoms with Gasteiger partial charge in [-0.2, -0.15) is 0 Å². The number of rotatable bonds is 9. The molecule has 142 valence electrons. The van der Waals surface area contributed by atoms with Crippen LogP contribution in [0.25, 0.3) is 0 Å². The molecule has 0 aliphatic carbocycles. The molecule has 0 heterocycles. The van der Waals surface area contributed by atoms with Gasteiger partial charge in [-0.25, -0.2) is 0 Å². The molecule has 0 aliphatic rings. The largest absolute Gasteiger partial charge is 0.496 e. The molecule has 5 nitrogen and oxygen atoms in total. The van der Waals surface area contributed by atoms with Crippen molar-refractivity contribution in [1.82, 2.24) is 10.6 Å². The summed E-state index contributed by atoms with van der Waals surface area (Å²) in [4.78, 5) is 4.33. The van der Waals surface area contributed by atoms with Crippen molar-refractivity contribution in [3.05, 3.63) is 29.3 Å². The third-order valence-corrected chi connectivity index (χ3v) is 4.27. The molecule has 1 aromatic carbocycles. The minimum atomic E-state index is 0.0915. The molecule has 0 fully saturated rings. The normalized spacial score (nSPS) is 14.3. The fraction of sp³-hybridized carbons (Fsp3) is 0.650. The van der Waals surface area contributed by atoms with Gasteiger partial charge in [0.25, 0.3) is 0 Å². The van der Waals surface area contributed by atoms with E-state index in [1.807, 2.05) is 13.0 Å². The second kappa shape index (κ2) is 11.0. The van der Waals surface area contributed by atoms with Crippen molar-refractivity contribution in [3.8, 4) is 5.75 Å². The Hall–Kier alpha value is -1.75. The van der Waals surface area contributed by atoms with Crippen LogP contribution >= 0.6 is 0 Å². The summed E-state index contributed by atoms with van der Waals surface area (Å²) in [6.07, 6.45) is 1.22. The van der Waals surface area contributed by atoms with E-state index >= 15 is 0 Å². The van der Waals surface area contributed by atoms with Crippen LogP contribution in [-0.2, 0) is 4.74 Å². The lowest BCUT2D eigenvalue weighted by Gasteiger charge is -2.23. The van der Waals surface area contributed by atoms with E-state index in [-0.39, 0.29) is 12.1 Å². The molecule has 0 saturated heterocycles. The summed E-state index contributed by atoms with van der Waals surface area (Å²) in [5.41, 5.74) is 2.34. The van der Waals surface area contributed by atoms with Crippen molar-refractivity contribution in [3.63, 3.8) is 0 Å². The molecular formula is C20H35N3O2. The molecule has 25 heavy (non-hydrogen) atoms. The highest BCUT2D eigenvalue weighted by Crippen LogP contribution is 2.25. The smallest absolute Gasteiger partial charge is 0.191 e. The topological polar surface area (TPSA) is 54.9 Å². The van der Waals surface area contributed by atoms with E-state index in [9.17, 15) is 0 Å². The Morgan fingerprint density at radius 3 is 2.52 bits per heavy atom. The molecule has 2 N–H and O–H groups in total. The van der Waals surface area contributed by atoms with Gasteiger partial charge in [0, 0.05) is 25.8 Å². The van der Waals surface area contributed by atoms with Gasteiger partial charge in [-0.05, 0) is 39.2 Å². The lowest BCUT2D eigenvalue weighted by atomic mass is 10.0. The van der Waals surface area contributed by atoms with Gasteiger partial charge in [0.15, 0.2) is 5.96 Å². The number of benzene rings is 1. The van der Waals surface area contributed by atoms with Crippen LogP contribution in [0.4, 0.5) is 0 Å². The van der Waals surface area contributed by atoms with Gasteiger partial charge in [-0.1, -0.05) is 31.5 Å². The van der Waals surface area contributed by atoms with E-state index in [1.54, 1.807) is 14.2 Å². The number of hydrogen-bond acceptors (Lipinski definition) is 3. The second-order valence-electron chi connectivity index (χ2n) is 6.64. The first kappa shape index (κ1) is 21.3. The minimum absolute atomic E-state index is 0.0915. The molecule has 0 saturated carbocycles. The van der Waals surface area contributed by atoms with E-state index in [0.717, 1.165) is 36.8 Å². The number of aryl methyl sites for hydroxylation is 1. The third kappa shape index (κ3) is 6.94. The Morgan fingerprint density at radius 2 is 1.96 bits per heavy atom. The monoisotopic (exact) mass is 349 g/mol. The van der Waals surface area contributed by atoms with E-state index in [1.165, 1.54) is 5.56 Å². The highest BCUT2D eigenvalue weighted by atomic mass is 16.5. The maximum Gasteiger partial charge on any atom is 0.191 e. The number of aliphatic imine (C=N–C) groups is 1. The molecule has 2 unspecified atom stereocenters. The fourth-order valence-electron chi connectivity index (χ4n) is 2.83. The first-order valence-electron chi connectivity index (χ1n) is 9.16. The van der Waals surface area contributed by atoms with Crippen molar-refractivity contribution < 1.29 is 9.47 Å². The van der Waals surface area contributed by atoms with Gasteiger partial charge in [0.05, 0.1) is 19.3 Å². The van der Waals surface area contributed by atoms with Gasteiger partial charge in [0.2, 0.25) is 0 Å². The Morgan fingerprint density at radius 1 is 1.24 bits per heavy atom. The molecular weight excluding hydrogens is 314 g/mol. The molecule has 0 radical (unpaired) electrons. The van der Waals surface area contributed by atoms with Crippen molar-refractivity contribution in [2.24, 2.45) is 10.9 Å². The maximum absolute atomic E-state index is 5.80. The summed E-state index contributed by atoms with van der Waals surface area (Å²) in [5, 5.41) is 6.82. The van der Waals surface area contributed by atoms with Crippen LogP contribution in [-0.4, -0.2) is 39.4 Å². The van der Waals surface area contributed by atoms with Crippen LogP contribution in [0.2, 0.25) is 0 Å². The van der Waals surface area contributed by atoms with Crippen LogP contribution in [0.1, 0.15) is 51.3 Å². The van der Waals surface area contributed by atoms with Gasteiger partial charge in [-0.3, -0.25) is 4.99 Å². The molecule has 5 heteroatoms. The third-order valence-electron chi connectivity index (χ3n) is 4.27. The van der Waals surface area contributed by atoms with Gasteiger partial charge in [-0.15, -0.1) is 0 Å². The van der Waals surface area contributed by atoms with Crippen molar-refractivity contribution in [2.45, 2.75) is 53.2 Å². The Labute approximate surface area is 153 Å². The zero-order valence-electron chi connectivity index (χ0n) is 16.8. The predicted molar refractivity (Wildman–Crippen MR) is 106 cm³/mol. The summed E-state index contributed by atoms with van der Waals surface area (Å²) < 4.78 is 11.3. The van der Waals surface area contributed by atoms with E-state index in [0.29, 0.717) is 5.92 Å². The number of hydrogen-bond donors (Lipinski definition) is 2. The number of guanidine groups is 1. The van der Waals surface area contributed by atoms with Crippen LogP contribution in [0.15, 0.2) is 23.2 Å². The molecule has 0 spiro atoms. The highest BCUT2D eigenvalue weighted by molar-refractivity contribution is 5.80. The molecule has 0 amide bonds. The standard InChI is InChI=1S/C20H35N3O2/c1-8-25-18(14(2)3)11-12-22-20(21-6)23-16(5)17-13-15(4)9-10-19(17)24-7/h9-10,13-14,16,18H,8,11-12H2,1-7H3,(H2,21,22,23). The molecule has 0 aliphatic heterocycles. The summed E-state index contributed by atoms with van der Waals surface area (Å²) >= 11 is 0. The summed E-state index contributed by atoms with van der Waals surface area (Å²) in [5.74, 6) is 2.18. The molecule has 2 atom stereocenters. The number of nitrogens with one attached hydrogen (secondary N) is 2. The molecule has 0 bridgehead atoms.